The van der Waals surface area contributed by atoms with E-state index in [0.29, 0.717) is 0 Å². The Morgan fingerprint density at radius 1 is 1.26 bits per heavy atom. The van der Waals surface area contributed by atoms with Gasteiger partial charge in [-0.25, -0.2) is 0 Å². The van der Waals surface area contributed by atoms with Gasteiger partial charge in [0.05, 0.1) is 6.61 Å². The Morgan fingerprint density at radius 2 is 2.00 bits per heavy atom. The van der Waals surface area contributed by atoms with E-state index in [1.807, 2.05) is 0 Å². The largest absolute Gasteiger partial charge is 0.380 e. The zero-order chi connectivity index (χ0) is 13.3. The van der Waals surface area contributed by atoms with Crippen molar-refractivity contribution in [1.29, 1.82) is 0 Å². The molecule has 110 valence electrons. The van der Waals surface area contributed by atoms with Gasteiger partial charge in [0.1, 0.15) is 0 Å². The predicted octanol–water partition coefficient (Wildman–Crippen LogP) is 0.768. The topological polar surface area (TPSA) is 41.7 Å². The van der Waals surface area contributed by atoms with Gasteiger partial charge in [-0.15, -0.1) is 0 Å². The average Bonchev–Trinajstić information content (AvgIpc) is 3.28. The van der Waals surface area contributed by atoms with E-state index >= 15 is 0 Å². The first-order chi connectivity index (χ1) is 9.24. The second-order valence-corrected chi connectivity index (χ2v) is 6.80. The molecule has 4 rings (SSSR count). The van der Waals surface area contributed by atoms with Gasteiger partial charge in [-0.05, 0) is 57.7 Å². The Hall–Kier alpha value is -0.160. The maximum Gasteiger partial charge on any atom is 0.0593 e. The highest BCUT2D eigenvalue weighted by atomic mass is 16.5. The van der Waals surface area contributed by atoms with Crippen LogP contribution in [-0.2, 0) is 4.74 Å². The SMILES string of the molecule is CN(CCOCC1CC1)C1(CN)CN2CCC1CC2. The molecular formula is C15H29N3O. The quantitative estimate of drug-likeness (QED) is 0.692. The van der Waals surface area contributed by atoms with Crippen LogP contribution in [0.5, 0.6) is 0 Å². The monoisotopic (exact) mass is 267 g/mol. The van der Waals surface area contributed by atoms with Crippen LogP contribution < -0.4 is 5.73 Å². The lowest BCUT2D eigenvalue weighted by Crippen LogP contribution is -2.69. The normalized spacial score (nSPS) is 38.1. The number of hydrogen-bond donors (Lipinski definition) is 1. The van der Waals surface area contributed by atoms with Crippen molar-refractivity contribution in [3.8, 4) is 0 Å². The highest BCUT2D eigenvalue weighted by Gasteiger charge is 2.48. The molecule has 0 spiro atoms. The van der Waals surface area contributed by atoms with Gasteiger partial charge in [-0.2, -0.15) is 0 Å². The van der Waals surface area contributed by atoms with E-state index in [2.05, 4.69) is 16.8 Å². The molecule has 2 N–H and O–H groups in total. The van der Waals surface area contributed by atoms with Crippen LogP contribution in [0.3, 0.4) is 0 Å². The second-order valence-electron chi connectivity index (χ2n) is 6.80. The molecule has 0 amide bonds. The fourth-order valence-electron chi connectivity index (χ4n) is 3.92. The third-order valence-electron chi connectivity index (χ3n) is 5.58. The Labute approximate surface area is 117 Å². The van der Waals surface area contributed by atoms with Crippen LogP contribution in [-0.4, -0.2) is 68.3 Å². The van der Waals surface area contributed by atoms with Crippen molar-refractivity contribution >= 4 is 0 Å². The lowest BCUT2D eigenvalue weighted by molar-refractivity contribution is -0.0639. The van der Waals surface area contributed by atoms with Gasteiger partial charge in [-0.1, -0.05) is 0 Å². The maximum atomic E-state index is 6.18. The summed E-state index contributed by atoms with van der Waals surface area (Å²) in [5, 5.41) is 0. The Bertz CT molecular complexity index is 300. The van der Waals surface area contributed by atoms with Crippen LogP contribution in [0.15, 0.2) is 0 Å². The number of nitrogens with two attached hydrogens (primary N) is 1. The van der Waals surface area contributed by atoms with Crippen molar-refractivity contribution in [1.82, 2.24) is 9.80 Å². The van der Waals surface area contributed by atoms with Crippen LogP contribution >= 0.6 is 0 Å². The van der Waals surface area contributed by atoms with Crippen molar-refractivity contribution in [2.75, 3.05) is 53.0 Å². The fraction of sp³-hybridized carbons (Fsp3) is 1.00. The number of hydrogen-bond acceptors (Lipinski definition) is 4. The Kier molecular flexibility index (Phi) is 4.13. The molecule has 19 heavy (non-hydrogen) atoms. The average molecular weight is 267 g/mol. The van der Waals surface area contributed by atoms with Crippen LogP contribution in [0.1, 0.15) is 25.7 Å². The van der Waals surface area contributed by atoms with Crippen LogP contribution in [0.4, 0.5) is 0 Å². The number of piperidine rings is 3. The van der Waals surface area contributed by atoms with Crippen LogP contribution in [0.25, 0.3) is 0 Å². The number of ether oxygens (including phenoxy) is 1. The van der Waals surface area contributed by atoms with E-state index in [9.17, 15) is 0 Å². The Balaban J connectivity index is 1.51. The molecule has 3 heterocycles. The minimum Gasteiger partial charge on any atom is -0.380 e. The summed E-state index contributed by atoms with van der Waals surface area (Å²) in [6.07, 6.45) is 5.40. The minimum atomic E-state index is 0.208. The number of likely N-dealkylation sites (N-methyl/N-ethyl adjacent to an activating group) is 1. The lowest BCUT2D eigenvalue weighted by atomic mass is 9.72. The molecular weight excluding hydrogens is 238 g/mol. The molecule has 4 fully saturated rings. The summed E-state index contributed by atoms with van der Waals surface area (Å²) in [6.45, 7) is 7.35. The highest BCUT2D eigenvalue weighted by Crippen LogP contribution is 2.38. The van der Waals surface area contributed by atoms with Gasteiger partial charge in [-0.3, -0.25) is 4.90 Å². The molecule has 1 saturated carbocycles. The van der Waals surface area contributed by atoms with E-state index in [4.69, 9.17) is 10.5 Å². The van der Waals surface area contributed by atoms with Gasteiger partial charge in [0.25, 0.3) is 0 Å². The molecule has 3 saturated heterocycles. The first kappa shape index (κ1) is 13.8. The van der Waals surface area contributed by atoms with E-state index < -0.39 is 0 Å². The first-order valence-corrected chi connectivity index (χ1v) is 7.96. The van der Waals surface area contributed by atoms with Crippen molar-refractivity contribution < 1.29 is 4.74 Å². The van der Waals surface area contributed by atoms with E-state index in [0.717, 1.165) is 44.7 Å². The molecule has 3 aliphatic heterocycles. The summed E-state index contributed by atoms with van der Waals surface area (Å²) in [4.78, 5) is 5.09. The molecule has 4 aliphatic rings. The van der Waals surface area contributed by atoms with Crippen molar-refractivity contribution in [2.45, 2.75) is 31.2 Å². The van der Waals surface area contributed by atoms with E-state index in [1.165, 1.54) is 38.8 Å². The summed E-state index contributed by atoms with van der Waals surface area (Å²) in [7, 11) is 2.25. The van der Waals surface area contributed by atoms with Crippen molar-refractivity contribution in [3.05, 3.63) is 0 Å². The molecule has 0 aromatic rings. The third kappa shape index (κ3) is 2.82. The second kappa shape index (κ2) is 5.68. The van der Waals surface area contributed by atoms with E-state index in [-0.39, 0.29) is 5.54 Å². The zero-order valence-corrected chi connectivity index (χ0v) is 12.3. The minimum absolute atomic E-state index is 0.208. The number of rotatable bonds is 7. The zero-order valence-electron chi connectivity index (χ0n) is 12.3. The number of fused-ring (bicyclic) bond motifs is 3. The highest BCUT2D eigenvalue weighted by molar-refractivity contribution is 5.05. The van der Waals surface area contributed by atoms with Gasteiger partial charge >= 0.3 is 0 Å². The van der Waals surface area contributed by atoms with Gasteiger partial charge < -0.3 is 15.4 Å². The first-order valence-electron chi connectivity index (χ1n) is 7.96. The van der Waals surface area contributed by atoms with Crippen molar-refractivity contribution in [3.63, 3.8) is 0 Å². The molecule has 0 aromatic heterocycles. The van der Waals surface area contributed by atoms with E-state index in [1.54, 1.807) is 0 Å². The van der Waals surface area contributed by atoms with Gasteiger partial charge in [0.2, 0.25) is 0 Å². The standard InChI is InChI=1S/C15H29N3O/c1-17(8-9-19-10-13-2-3-13)15(11-16)12-18-6-4-14(15)5-7-18/h13-14H,2-12,16H2,1H3. The molecule has 1 atom stereocenters. The molecule has 1 aliphatic carbocycles. The molecule has 0 radical (unpaired) electrons. The Morgan fingerprint density at radius 3 is 2.53 bits per heavy atom. The molecule has 1 unspecified atom stereocenters. The fourth-order valence-corrected chi connectivity index (χ4v) is 3.92. The summed E-state index contributed by atoms with van der Waals surface area (Å²) in [6, 6.07) is 0. The number of nitrogens with zero attached hydrogens (tertiary/aromatic N) is 2. The summed E-state index contributed by atoms with van der Waals surface area (Å²) >= 11 is 0. The predicted molar refractivity (Wildman–Crippen MR) is 77.1 cm³/mol. The maximum absolute atomic E-state index is 6.18. The van der Waals surface area contributed by atoms with Crippen LogP contribution in [0.2, 0.25) is 0 Å². The van der Waals surface area contributed by atoms with Crippen LogP contribution in [0, 0.1) is 11.8 Å². The summed E-state index contributed by atoms with van der Waals surface area (Å²) < 4.78 is 5.79. The molecule has 4 nitrogen and oxygen atoms in total. The lowest BCUT2D eigenvalue weighted by Gasteiger charge is -2.57. The molecule has 4 heteroatoms. The van der Waals surface area contributed by atoms with Crippen molar-refractivity contribution in [2.24, 2.45) is 17.6 Å². The summed E-state index contributed by atoms with van der Waals surface area (Å²) in [5.74, 6) is 1.65. The smallest absolute Gasteiger partial charge is 0.0593 e. The molecule has 2 bridgehead atoms. The molecule has 0 aromatic carbocycles. The third-order valence-corrected chi connectivity index (χ3v) is 5.58. The van der Waals surface area contributed by atoms with Gasteiger partial charge in [0.15, 0.2) is 0 Å². The summed E-state index contributed by atoms with van der Waals surface area (Å²) in [5.41, 5.74) is 6.39. The van der Waals surface area contributed by atoms with Gasteiger partial charge in [0, 0.05) is 31.8 Å².